The fraction of sp³-hybridized carbons (Fsp3) is 0.708. The van der Waals surface area contributed by atoms with Gasteiger partial charge in [0.2, 0.25) is 0 Å². The number of benzene rings is 2. The molecule has 0 heterocycles. The Morgan fingerprint density at radius 3 is 1.45 bits per heavy atom. The highest BCUT2D eigenvalue weighted by molar-refractivity contribution is 5.58. The third-order valence-electron chi connectivity index (χ3n) is 15.7. The van der Waals surface area contributed by atoms with Gasteiger partial charge in [-0.1, -0.05) is 115 Å². The third-order valence-corrected chi connectivity index (χ3v) is 15.7. The van der Waals surface area contributed by atoms with Gasteiger partial charge in [0.05, 0.1) is 5.41 Å². The number of allylic oxidation sites excluding steroid dienone is 1. The molecule has 5 saturated carbocycles. The molecule has 0 bridgehead atoms. The summed E-state index contributed by atoms with van der Waals surface area (Å²) in [7, 11) is 0. The molecule has 4 unspecified atom stereocenters. The summed E-state index contributed by atoms with van der Waals surface area (Å²) in [5, 5.41) is 0. The van der Waals surface area contributed by atoms with Crippen molar-refractivity contribution in [2.24, 2.45) is 17.8 Å². The molecule has 0 radical (unpaired) electrons. The first-order chi connectivity index (χ1) is 27.2. The van der Waals surface area contributed by atoms with Crippen LogP contribution in [0.5, 0.6) is 5.75 Å². The van der Waals surface area contributed by atoms with E-state index in [1.54, 1.807) is 30.3 Å². The lowest BCUT2D eigenvalue weighted by molar-refractivity contribution is -0.242. The maximum Gasteiger partial charge on any atom is 0.195 e. The summed E-state index contributed by atoms with van der Waals surface area (Å²) in [4.78, 5) is 0. The summed E-state index contributed by atoms with van der Waals surface area (Å²) in [6.45, 7) is 0. The largest absolute Gasteiger partial charge is 0.482 e. The zero-order valence-corrected chi connectivity index (χ0v) is 33.1. The predicted octanol–water partition coefficient (Wildman–Crippen LogP) is 15.2. The summed E-state index contributed by atoms with van der Waals surface area (Å²) in [6.07, 6.45) is 11.8. The summed E-state index contributed by atoms with van der Waals surface area (Å²) >= 11 is 0. The smallest absolute Gasteiger partial charge is 0.195 e. The molecule has 8 rings (SSSR count). The Balaban J connectivity index is 1.59. The van der Waals surface area contributed by atoms with Crippen LogP contribution in [0.15, 0.2) is 42.0 Å². The molecule has 0 N–H and O–H groups in total. The number of alkyl halides is 2. The third kappa shape index (κ3) is 6.29. The highest BCUT2D eigenvalue weighted by Crippen LogP contribution is 2.71. The van der Waals surface area contributed by atoms with Crippen LogP contribution >= 0.6 is 0 Å². The second-order valence-electron chi connectivity index (χ2n) is 18.6. The van der Waals surface area contributed by atoms with Gasteiger partial charge in [0.25, 0.3) is 0 Å². The van der Waals surface area contributed by atoms with E-state index in [0.717, 1.165) is 57.8 Å². The van der Waals surface area contributed by atoms with Crippen LogP contribution in [-0.4, -0.2) is 17.4 Å². The molecule has 0 aromatic heterocycles. The Morgan fingerprint density at radius 2 is 0.929 bits per heavy atom. The van der Waals surface area contributed by atoms with Gasteiger partial charge in [-0.05, 0) is 105 Å². The molecule has 308 valence electrons. The molecule has 2 aromatic rings. The Hall–Kier alpha value is -2.51. The van der Waals surface area contributed by atoms with Crippen LogP contribution in [0.4, 0.5) is 30.7 Å². The van der Waals surface area contributed by atoms with Crippen molar-refractivity contribution in [2.75, 3.05) is 0 Å². The van der Waals surface area contributed by atoms with Gasteiger partial charge in [-0.2, -0.15) is 0 Å². The van der Waals surface area contributed by atoms with Crippen molar-refractivity contribution >= 4 is 0 Å². The average Bonchev–Trinajstić information content (AvgIpc) is 3.26. The molecule has 0 aliphatic heterocycles. The monoisotopic (exact) mass is 786 g/mol. The first-order valence-corrected chi connectivity index (χ1v) is 22.5. The van der Waals surface area contributed by atoms with Crippen molar-refractivity contribution in [2.45, 2.75) is 195 Å². The normalized spacial score (nSPS) is 32.5. The maximum atomic E-state index is 20.1. The topological polar surface area (TPSA) is 9.23 Å². The van der Waals surface area contributed by atoms with Crippen LogP contribution in [-0.2, 0) is 5.41 Å². The van der Waals surface area contributed by atoms with Gasteiger partial charge < -0.3 is 4.74 Å². The number of rotatable bonds is 8. The van der Waals surface area contributed by atoms with Crippen molar-refractivity contribution in [3.8, 4) is 5.75 Å². The lowest BCUT2D eigenvalue weighted by atomic mass is 9.42. The van der Waals surface area contributed by atoms with E-state index in [4.69, 9.17) is 4.74 Å². The maximum absolute atomic E-state index is 20.1. The Bertz CT molecular complexity index is 1700. The van der Waals surface area contributed by atoms with Gasteiger partial charge in [-0.25, -0.2) is 30.7 Å². The highest BCUT2D eigenvalue weighted by Gasteiger charge is 2.82. The summed E-state index contributed by atoms with van der Waals surface area (Å²) in [5.74, 6) is -11.6. The van der Waals surface area contributed by atoms with Gasteiger partial charge >= 0.3 is 0 Å². The minimum absolute atomic E-state index is 0.0654. The van der Waals surface area contributed by atoms with E-state index in [1.807, 2.05) is 0 Å². The average molecular weight is 787 g/mol. The molecular weight excluding hydrogens is 726 g/mol. The SMILES string of the molecule is FC1=C(F)C(c2c(F)c(F)c(F)c(C3CCCCC3)c2C2CCCCC2)(C2CCCCC2)C(Oc2ccccc2)(C2CCCCC2)C(F)(C2CCCCC2)C1F. The van der Waals surface area contributed by atoms with Gasteiger partial charge in [0, 0.05) is 17.4 Å². The highest BCUT2D eigenvalue weighted by atomic mass is 19.2. The Kier molecular flexibility index (Phi) is 12.0. The van der Waals surface area contributed by atoms with Crippen LogP contribution in [0.25, 0.3) is 0 Å². The van der Waals surface area contributed by atoms with E-state index in [1.165, 1.54) is 0 Å². The zero-order chi connectivity index (χ0) is 39.1. The zero-order valence-electron chi connectivity index (χ0n) is 33.1. The second-order valence-corrected chi connectivity index (χ2v) is 18.6. The van der Waals surface area contributed by atoms with E-state index >= 15 is 30.7 Å². The standard InChI is InChI=1S/C48H61F7O/c49-40-38(32-21-9-2-10-22-32)37(31-19-7-1-8-20-31)39(41(50)42(40)51)46(33-23-11-3-12-24-33)44(53)43(52)45(54)47(55,34-25-13-4-14-26-34)48(46,35-27-15-5-16-28-35)56-36-29-17-6-18-30-36/h6,17-18,29-35,45H,1-5,7-16,19-28H2. The van der Waals surface area contributed by atoms with Crippen molar-refractivity contribution < 1.29 is 35.5 Å². The molecule has 6 aliphatic carbocycles. The minimum atomic E-state index is -3.16. The first kappa shape index (κ1) is 40.3. The van der Waals surface area contributed by atoms with E-state index in [2.05, 4.69) is 0 Å². The molecule has 1 nitrogen and oxygen atoms in total. The first-order valence-electron chi connectivity index (χ1n) is 22.5. The molecule has 6 aliphatic rings. The van der Waals surface area contributed by atoms with Crippen LogP contribution < -0.4 is 4.74 Å². The lowest BCUT2D eigenvalue weighted by Crippen LogP contribution is -2.80. The molecule has 0 spiro atoms. The second kappa shape index (κ2) is 16.6. The van der Waals surface area contributed by atoms with Gasteiger partial charge in [0.15, 0.2) is 40.7 Å². The van der Waals surface area contributed by atoms with E-state index < -0.39 is 87.1 Å². The summed E-state index contributed by atoms with van der Waals surface area (Å²) < 4.78 is 134. The molecule has 56 heavy (non-hydrogen) atoms. The molecular formula is C48H61F7O. The van der Waals surface area contributed by atoms with Crippen LogP contribution in [0, 0.1) is 35.2 Å². The fourth-order valence-electron chi connectivity index (χ4n) is 13.4. The van der Waals surface area contributed by atoms with Crippen molar-refractivity contribution in [3.05, 3.63) is 76.1 Å². The number of hydrogen-bond donors (Lipinski definition) is 0. The van der Waals surface area contributed by atoms with E-state index in [9.17, 15) is 0 Å². The molecule has 4 atom stereocenters. The number of ether oxygens (including phenoxy) is 1. The minimum Gasteiger partial charge on any atom is -0.482 e. The Labute approximate surface area is 329 Å². The molecule has 2 aromatic carbocycles. The number of para-hydroxylation sites is 1. The van der Waals surface area contributed by atoms with Crippen LogP contribution in [0.1, 0.15) is 189 Å². The molecule has 0 saturated heterocycles. The van der Waals surface area contributed by atoms with E-state index in [0.29, 0.717) is 77.0 Å². The van der Waals surface area contributed by atoms with Crippen molar-refractivity contribution in [1.29, 1.82) is 0 Å². The van der Waals surface area contributed by atoms with Crippen molar-refractivity contribution in [1.82, 2.24) is 0 Å². The number of hydrogen-bond acceptors (Lipinski definition) is 1. The fourth-order valence-corrected chi connectivity index (χ4v) is 13.4. The van der Waals surface area contributed by atoms with Gasteiger partial charge in [-0.15, -0.1) is 0 Å². The number of halogens is 7. The quantitative estimate of drug-likeness (QED) is 0.191. The van der Waals surface area contributed by atoms with Gasteiger partial charge in [-0.3, -0.25) is 0 Å². The predicted molar refractivity (Wildman–Crippen MR) is 207 cm³/mol. The van der Waals surface area contributed by atoms with Crippen LogP contribution in [0.3, 0.4) is 0 Å². The van der Waals surface area contributed by atoms with E-state index in [-0.39, 0.29) is 42.6 Å². The molecule has 8 heteroatoms. The Morgan fingerprint density at radius 1 is 0.482 bits per heavy atom. The summed E-state index contributed by atoms with van der Waals surface area (Å²) in [5.41, 5.74) is -8.47. The van der Waals surface area contributed by atoms with Crippen LogP contribution in [0.2, 0.25) is 0 Å². The van der Waals surface area contributed by atoms with Crippen molar-refractivity contribution in [3.63, 3.8) is 0 Å². The molecule has 5 fully saturated rings. The summed E-state index contributed by atoms with van der Waals surface area (Å²) in [6, 6.07) is 8.46. The lowest BCUT2D eigenvalue weighted by Gasteiger charge is -2.66. The van der Waals surface area contributed by atoms with Gasteiger partial charge in [0.1, 0.15) is 11.6 Å². The molecule has 0 amide bonds.